The van der Waals surface area contributed by atoms with E-state index in [9.17, 15) is 19.2 Å². The fourth-order valence-corrected chi connectivity index (χ4v) is 4.76. The Morgan fingerprint density at radius 2 is 2.03 bits per heavy atom. The van der Waals surface area contributed by atoms with Crippen molar-refractivity contribution < 1.29 is 43.9 Å². The van der Waals surface area contributed by atoms with Crippen molar-refractivity contribution in [2.75, 3.05) is 5.32 Å². The van der Waals surface area contributed by atoms with Crippen LogP contribution in [-0.4, -0.2) is 32.6 Å². The molecule has 0 bridgehead atoms. The van der Waals surface area contributed by atoms with Crippen LogP contribution in [0.1, 0.15) is 34.3 Å². The molecule has 4 amide bonds. The second-order valence-electron chi connectivity index (χ2n) is 7.14. The van der Waals surface area contributed by atoms with Gasteiger partial charge in [-0.3, -0.25) is 0 Å². The normalized spacial score (nSPS) is 18.0. The van der Waals surface area contributed by atoms with Gasteiger partial charge >= 0.3 is 189 Å². The summed E-state index contributed by atoms with van der Waals surface area (Å²) in [5.74, 6) is -0.505. The fraction of sp³-hybridized carbons (Fsp3) is 0.238. The molecular formula is C21H20IN4O5-. The Morgan fingerprint density at radius 3 is 2.81 bits per heavy atom. The third-order valence-electron chi connectivity index (χ3n) is 5.15. The minimum atomic E-state index is -1.31. The number of fused-ring (bicyclic) bond motifs is 1. The van der Waals surface area contributed by atoms with Gasteiger partial charge in [-0.1, -0.05) is 0 Å². The molecule has 162 valence electrons. The summed E-state index contributed by atoms with van der Waals surface area (Å²) in [4.78, 5) is 50.4. The summed E-state index contributed by atoms with van der Waals surface area (Å²) in [5, 5.41) is 5.11. The number of nitrogens with one attached hydrogen (secondary N) is 2. The van der Waals surface area contributed by atoms with Crippen molar-refractivity contribution in [3.8, 4) is 5.75 Å². The van der Waals surface area contributed by atoms with Crippen LogP contribution in [0.5, 0.6) is 5.75 Å². The molecule has 0 spiro atoms. The zero-order chi connectivity index (χ0) is 22.0. The zero-order valence-corrected chi connectivity index (χ0v) is 18.5. The molecule has 2 aromatic rings. The molecule has 4 rings (SSSR count). The maximum atomic E-state index is 12.9. The van der Waals surface area contributed by atoms with Gasteiger partial charge in [0.05, 0.1) is 0 Å². The van der Waals surface area contributed by atoms with E-state index in [1.54, 1.807) is 30.3 Å². The van der Waals surface area contributed by atoms with Crippen molar-refractivity contribution in [2.24, 2.45) is 5.73 Å². The molecule has 2 aliphatic rings. The van der Waals surface area contributed by atoms with Crippen LogP contribution in [0.15, 0.2) is 42.5 Å². The third-order valence-corrected chi connectivity index (χ3v) is 6.55. The van der Waals surface area contributed by atoms with Gasteiger partial charge in [-0.25, -0.2) is 0 Å². The number of nitrogens with two attached hydrogens (primary N) is 1. The number of hydrogen-bond acceptors (Lipinski definition) is 6. The fourth-order valence-electron chi connectivity index (χ4n) is 3.63. The van der Waals surface area contributed by atoms with Crippen molar-refractivity contribution in [3.05, 3.63) is 59.2 Å². The van der Waals surface area contributed by atoms with Gasteiger partial charge in [-0.05, 0) is 0 Å². The molecule has 1 saturated heterocycles. The Bertz CT molecular complexity index is 1070. The first-order valence-electron chi connectivity index (χ1n) is 9.64. The van der Waals surface area contributed by atoms with E-state index in [1.165, 1.54) is 4.90 Å². The molecular weight excluding hydrogens is 515 g/mol. The molecule has 0 saturated carbocycles. The first-order valence-corrected chi connectivity index (χ1v) is 11.6. The zero-order valence-electron chi connectivity index (χ0n) is 16.4. The number of hydrogen-bond donors (Lipinski definition) is 3. The van der Waals surface area contributed by atoms with Crippen LogP contribution < -0.4 is 41.1 Å². The molecule has 0 aliphatic carbocycles. The van der Waals surface area contributed by atoms with Gasteiger partial charge in [-0.2, -0.15) is 0 Å². The van der Waals surface area contributed by atoms with Crippen LogP contribution >= 0.6 is 0 Å². The molecule has 4 N–H and O–H groups in total. The van der Waals surface area contributed by atoms with E-state index in [4.69, 9.17) is 8.80 Å². The summed E-state index contributed by atoms with van der Waals surface area (Å²) in [7, 11) is 0. The van der Waals surface area contributed by atoms with E-state index in [0.29, 0.717) is 29.1 Å². The second-order valence-corrected chi connectivity index (χ2v) is 9.00. The number of benzene rings is 2. The van der Waals surface area contributed by atoms with Gasteiger partial charge in [0.15, 0.2) is 0 Å². The summed E-state index contributed by atoms with van der Waals surface area (Å²) in [5.41, 5.74) is 8.15. The van der Waals surface area contributed by atoms with Gasteiger partial charge in [0.2, 0.25) is 0 Å². The van der Waals surface area contributed by atoms with E-state index in [1.807, 2.05) is 12.1 Å². The quantitative estimate of drug-likeness (QED) is 0.179. The molecule has 2 aliphatic heterocycles. The van der Waals surface area contributed by atoms with E-state index in [-0.39, 0.29) is 35.1 Å². The van der Waals surface area contributed by atoms with Gasteiger partial charge in [0.25, 0.3) is 0 Å². The number of piperidine rings is 1. The third kappa shape index (κ3) is 4.54. The Morgan fingerprint density at radius 1 is 1.23 bits per heavy atom. The molecule has 1 atom stereocenters. The van der Waals surface area contributed by atoms with Crippen LogP contribution in [-0.2, 0) is 22.7 Å². The number of nitrogens with zero attached hydrogens (tertiary/aromatic N) is 1. The average molecular weight is 535 g/mol. The molecule has 10 heteroatoms. The number of imide groups is 1. The summed E-state index contributed by atoms with van der Waals surface area (Å²) in [6.07, 6.45) is 0.473. The predicted molar refractivity (Wildman–Crippen MR) is 106 cm³/mol. The summed E-state index contributed by atoms with van der Waals surface area (Å²) in [6, 6.07) is 11.6. The summed E-state index contributed by atoms with van der Waals surface area (Å²) in [6.45, 7) is 0.574. The second kappa shape index (κ2) is 9.02. The van der Waals surface area contributed by atoms with E-state index < -0.39 is 33.6 Å². The summed E-state index contributed by atoms with van der Waals surface area (Å²) < 4.78 is 5.38. The Kier molecular flexibility index (Phi) is 6.18. The first-order chi connectivity index (χ1) is 15.0. The number of anilines is 1. The minimum absolute atomic E-state index is 0.188. The van der Waals surface area contributed by atoms with Gasteiger partial charge in [0, 0.05) is 0 Å². The number of halogens is 1. The number of carbonyl (C=O) groups excluding carboxylic acids is 4. The van der Waals surface area contributed by atoms with Crippen LogP contribution in [0.25, 0.3) is 0 Å². The summed E-state index contributed by atoms with van der Waals surface area (Å²) >= 11 is -1.31. The Hall–Kier alpha value is -2.99. The van der Waals surface area contributed by atoms with Gasteiger partial charge in [-0.15, -0.1) is 0 Å². The predicted octanol–water partition coefficient (Wildman–Crippen LogP) is -1.48. The molecule has 2 aromatic carbocycles. The van der Waals surface area contributed by atoms with E-state index in [2.05, 4.69) is 10.6 Å². The number of rotatable bonds is 6. The number of amides is 4. The first kappa shape index (κ1) is 21.2. The molecule has 0 radical (unpaired) electrons. The number of carbonyl (C=O) groups is 4. The standard InChI is InChI=1S/C21H20IN4O5/c23-10-12-3-1-4-13(9-12)31-22-21(30)24-16-6-2-5-14-15(16)11-26(20(14)29)17-7-8-18(27)25-19(17)28/h1-6,9,17H,7-8,10-11,23H2,(H,24,30)(H,25,27,28)/q-1. The van der Waals surface area contributed by atoms with Crippen LogP contribution in [0.4, 0.5) is 10.5 Å². The SMILES string of the molecule is NCc1cccc(O[I-]C(=O)Nc2cccc3c2CN(C2CCC(=O)NC2=O)C3=O)c1. The Labute approximate surface area is 189 Å². The monoisotopic (exact) mass is 535 g/mol. The van der Waals surface area contributed by atoms with Crippen molar-refractivity contribution in [2.45, 2.75) is 32.0 Å². The molecule has 0 aromatic heterocycles. The molecule has 1 unspecified atom stereocenters. The van der Waals surface area contributed by atoms with Crippen LogP contribution in [0, 0.1) is 0 Å². The van der Waals surface area contributed by atoms with Gasteiger partial charge in [0.1, 0.15) is 0 Å². The Balaban J connectivity index is 1.44. The molecule has 2 heterocycles. The average Bonchev–Trinajstić information content (AvgIpc) is 3.10. The van der Waals surface area contributed by atoms with Crippen LogP contribution in [0.2, 0.25) is 0 Å². The van der Waals surface area contributed by atoms with Gasteiger partial charge < -0.3 is 0 Å². The van der Waals surface area contributed by atoms with Crippen molar-refractivity contribution in [1.82, 2.24) is 10.2 Å². The van der Waals surface area contributed by atoms with Crippen molar-refractivity contribution in [3.63, 3.8) is 0 Å². The van der Waals surface area contributed by atoms with E-state index >= 15 is 0 Å². The van der Waals surface area contributed by atoms with Crippen LogP contribution in [0.3, 0.4) is 0 Å². The molecule has 31 heavy (non-hydrogen) atoms. The van der Waals surface area contributed by atoms with Crippen molar-refractivity contribution in [1.29, 1.82) is 0 Å². The topological polar surface area (TPSA) is 131 Å². The van der Waals surface area contributed by atoms with E-state index in [0.717, 1.165) is 5.56 Å². The maximum absolute atomic E-state index is 12.9. The van der Waals surface area contributed by atoms with Crippen molar-refractivity contribution >= 4 is 27.3 Å². The molecule has 1 fully saturated rings. The molecule has 9 nitrogen and oxygen atoms in total.